The summed E-state index contributed by atoms with van der Waals surface area (Å²) in [5.41, 5.74) is 7.99. The molecule has 1 aliphatic rings. The van der Waals surface area contributed by atoms with Crippen LogP contribution < -0.4 is 5.73 Å². The van der Waals surface area contributed by atoms with Gasteiger partial charge in [0.15, 0.2) is 0 Å². The molecule has 1 aliphatic heterocycles. The van der Waals surface area contributed by atoms with Crippen LogP contribution in [-0.2, 0) is 4.74 Å². The highest BCUT2D eigenvalue weighted by Crippen LogP contribution is 2.24. The minimum atomic E-state index is -0.178. The fourth-order valence-corrected chi connectivity index (χ4v) is 1.69. The molecule has 0 amide bonds. The molecule has 0 bridgehead atoms. The number of nitrogens with two attached hydrogens (primary N) is 1. The van der Waals surface area contributed by atoms with Crippen molar-refractivity contribution in [3.63, 3.8) is 0 Å². The van der Waals surface area contributed by atoms with E-state index in [0.29, 0.717) is 5.02 Å². The van der Waals surface area contributed by atoms with Gasteiger partial charge in [0.05, 0.1) is 29.6 Å². The molecule has 0 radical (unpaired) electrons. The third-order valence-corrected chi connectivity index (χ3v) is 2.65. The summed E-state index contributed by atoms with van der Waals surface area (Å²) in [5, 5.41) is 0.625. The van der Waals surface area contributed by atoms with Crippen molar-refractivity contribution in [1.29, 1.82) is 0 Å². The molecule has 1 atom stereocenters. The number of hydrogen-bond acceptors (Lipinski definition) is 3. The Labute approximate surface area is 93.9 Å². The molecule has 0 fully saturated rings. The van der Waals surface area contributed by atoms with E-state index in [1.807, 2.05) is 6.07 Å². The van der Waals surface area contributed by atoms with Crippen LogP contribution in [0.4, 0.5) is 0 Å². The lowest BCUT2D eigenvalue weighted by atomic mass is 10.00. The van der Waals surface area contributed by atoms with E-state index in [2.05, 4.69) is 4.98 Å². The van der Waals surface area contributed by atoms with Gasteiger partial charge in [-0.1, -0.05) is 11.6 Å². The number of pyridine rings is 1. The van der Waals surface area contributed by atoms with E-state index < -0.39 is 0 Å². The van der Waals surface area contributed by atoms with Crippen LogP contribution in [0.25, 0.3) is 0 Å². The number of hydrogen-bond donors (Lipinski definition) is 1. The van der Waals surface area contributed by atoms with Gasteiger partial charge in [0, 0.05) is 6.20 Å². The Kier molecular flexibility index (Phi) is 3.23. The molecular formula is C11H13ClN2O. The van der Waals surface area contributed by atoms with Crippen LogP contribution in [0.5, 0.6) is 0 Å². The van der Waals surface area contributed by atoms with E-state index in [1.165, 1.54) is 0 Å². The van der Waals surface area contributed by atoms with E-state index in [9.17, 15) is 0 Å². The molecule has 2 rings (SSSR count). The van der Waals surface area contributed by atoms with E-state index in [4.69, 9.17) is 22.1 Å². The third kappa shape index (κ3) is 2.49. The number of halogens is 1. The Bertz CT molecular complexity index is 361. The van der Waals surface area contributed by atoms with Crippen LogP contribution in [0.1, 0.15) is 24.6 Å². The molecule has 0 saturated carbocycles. The van der Waals surface area contributed by atoms with Crippen LogP contribution in [0.15, 0.2) is 30.2 Å². The molecular weight excluding hydrogens is 212 g/mol. The monoisotopic (exact) mass is 224 g/mol. The van der Waals surface area contributed by atoms with Gasteiger partial charge in [-0.05, 0) is 30.5 Å². The molecule has 2 N–H and O–H groups in total. The van der Waals surface area contributed by atoms with Crippen LogP contribution in [-0.4, -0.2) is 11.6 Å². The van der Waals surface area contributed by atoms with E-state index in [1.54, 1.807) is 18.5 Å². The van der Waals surface area contributed by atoms with Crippen molar-refractivity contribution in [2.45, 2.75) is 18.9 Å². The first kappa shape index (κ1) is 10.5. The van der Waals surface area contributed by atoms with Crippen LogP contribution in [0, 0.1) is 0 Å². The summed E-state index contributed by atoms with van der Waals surface area (Å²) < 4.78 is 5.25. The second kappa shape index (κ2) is 4.64. The predicted molar refractivity (Wildman–Crippen MR) is 59.4 cm³/mol. The molecule has 15 heavy (non-hydrogen) atoms. The standard InChI is InChI=1S/C11H13ClN2O/c12-9-3-4-10(14-6-9)11(13)8-2-1-5-15-7-8/h3-4,6-7,11H,1-2,5,13H2. The maximum atomic E-state index is 6.07. The molecule has 4 heteroatoms. The van der Waals surface area contributed by atoms with Gasteiger partial charge in [-0.3, -0.25) is 4.98 Å². The molecule has 0 aliphatic carbocycles. The summed E-state index contributed by atoms with van der Waals surface area (Å²) >= 11 is 5.76. The largest absolute Gasteiger partial charge is 0.501 e. The number of ether oxygens (including phenoxy) is 1. The van der Waals surface area contributed by atoms with Crippen molar-refractivity contribution in [1.82, 2.24) is 4.98 Å². The average molecular weight is 225 g/mol. The van der Waals surface area contributed by atoms with Crippen LogP contribution in [0.3, 0.4) is 0 Å². The highest BCUT2D eigenvalue weighted by molar-refractivity contribution is 6.30. The van der Waals surface area contributed by atoms with Crippen molar-refractivity contribution in [3.05, 3.63) is 40.9 Å². The van der Waals surface area contributed by atoms with E-state index in [-0.39, 0.29) is 6.04 Å². The Morgan fingerprint density at radius 3 is 2.93 bits per heavy atom. The summed E-state index contributed by atoms with van der Waals surface area (Å²) in [6.45, 7) is 0.782. The smallest absolute Gasteiger partial charge is 0.0876 e. The maximum Gasteiger partial charge on any atom is 0.0876 e. The normalized spacial score (nSPS) is 17.9. The van der Waals surface area contributed by atoms with Gasteiger partial charge >= 0.3 is 0 Å². The van der Waals surface area contributed by atoms with Gasteiger partial charge < -0.3 is 10.5 Å². The lowest BCUT2D eigenvalue weighted by Crippen LogP contribution is -2.17. The first-order valence-electron chi connectivity index (χ1n) is 4.95. The Balaban J connectivity index is 2.16. The molecule has 0 saturated heterocycles. The summed E-state index contributed by atoms with van der Waals surface area (Å²) in [6, 6.07) is 3.47. The molecule has 0 aromatic carbocycles. The van der Waals surface area contributed by atoms with Crippen molar-refractivity contribution < 1.29 is 4.74 Å². The SMILES string of the molecule is NC(C1=COCCC1)c1ccc(Cl)cn1. The van der Waals surface area contributed by atoms with Crippen LogP contribution in [0.2, 0.25) is 5.02 Å². The lowest BCUT2D eigenvalue weighted by molar-refractivity contribution is 0.221. The maximum absolute atomic E-state index is 6.07. The minimum Gasteiger partial charge on any atom is -0.501 e. The van der Waals surface area contributed by atoms with Crippen molar-refractivity contribution in [2.24, 2.45) is 5.73 Å². The zero-order valence-electron chi connectivity index (χ0n) is 8.32. The Morgan fingerprint density at radius 1 is 1.47 bits per heavy atom. The first-order valence-corrected chi connectivity index (χ1v) is 5.33. The third-order valence-electron chi connectivity index (χ3n) is 2.43. The minimum absolute atomic E-state index is 0.178. The zero-order chi connectivity index (χ0) is 10.7. The van der Waals surface area contributed by atoms with Crippen molar-refractivity contribution >= 4 is 11.6 Å². The molecule has 0 spiro atoms. The molecule has 3 nitrogen and oxygen atoms in total. The summed E-state index contributed by atoms with van der Waals surface area (Å²) in [5.74, 6) is 0. The molecule has 2 heterocycles. The lowest BCUT2D eigenvalue weighted by Gasteiger charge is -2.19. The second-order valence-corrected chi connectivity index (χ2v) is 3.98. The first-order chi connectivity index (χ1) is 7.27. The highest BCUT2D eigenvalue weighted by Gasteiger charge is 2.15. The second-order valence-electron chi connectivity index (χ2n) is 3.55. The summed E-state index contributed by atoms with van der Waals surface area (Å²) in [7, 11) is 0. The quantitative estimate of drug-likeness (QED) is 0.840. The van der Waals surface area contributed by atoms with Crippen molar-refractivity contribution in [2.75, 3.05) is 6.61 Å². The summed E-state index contributed by atoms with van der Waals surface area (Å²) in [6.07, 6.45) is 5.37. The van der Waals surface area contributed by atoms with Gasteiger partial charge in [-0.15, -0.1) is 0 Å². The molecule has 1 unspecified atom stereocenters. The fourth-order valence-electron chi connectivity index (χ4n) is 1.57. The van der Waals surface area contributed by atoms with Crippen molar-refractivity contribution in [3.8, 4) is 0 Å². The number of aromatic nitrogens is 1. The fraction of sp³-hybridized carbons (Fsp3) is 0.364. The van der Waals surface area contributed by atoms with Gasteiger partial charge in [0.25, 0.3) is 0 Å². The topological polar surface area (TPSA) is 48.1 Å². The van der Waals surface area contributed by atoms with Gasteiger partial charge in [0.1, 0.15) is 0 Å². The van der Waals surface area contributed by atoms with E-state index >= 15 is 0 Å². The molecule has 1 aromatic rings. The number of nitrogens with zero attached hydrogens (tertiary/aromatic N) is 1. The summed E-state index contributed by atoms with van der Waals surface area (Å²) in [4.78, 5) is 4.20. The highest BCUT2D eigenvalue weighted by atomic mass is 35.5. The van der Waals surface area contributed by atoms with Crippen LogP contribution >= 0.6 is 11.6 Å². The predicted octanol–water partition coefficient (Wildman–Crippen LogP) is 2.43. The molecule has 1 aromatic heterocycles. The Morgan fingerprint density at radius 2 is 2.33 bits per heavy atom. The van der Waals surface area contributed by atoms with E-state index in [0.717, 1.165) is 30.7 Å². The molecule has 80 valence electrons. The van der Waals surface area contributed by atoms with Gasteiger partial charge in [0.2, 0.25) is 0 Å². The Hall–Kier alpha value is -1.06. The zero-order valence-corrected chi connectivity index (χ0v) is 9.07. The average Bonchev–Trinajstić information content (AvgIpc) is 2.30. The number of rotatable bonds is 2. The van der Waals surface area contributed by atoms with Gasteiger partial charge in [-0.25, -0.2) is 0 Å². The van der Waals surface area contributed by atoms with Gasteiger partial charge in [-0.2, -0.15) is 0 Å².